The Morgan fingerprint density at radius 1 is 1.50 bits per heavy atom. The lowest BCUT2D eigenvalue weighted by Gasteiger charge is -2.34. The molecule has 1 aliphatic rings. The van der Waals surface area contributed by atoms with Crippen LogP contribution < -0.4 is 0 Å². The molecule has 1 N–H and O–H groups in total. The second kappa shape index (κ2) is 3.94. The van der Waals surface area contributed by atoms with Gasteiger partial charge in [-0.05, 0) is 0 Å². The summed E-state index contributed by atoms with van der Waals surface area (Å²) in [5.41, 5.74) is 1.86. The molecule has 0 unspecified atom stereocenters. The monoisotopic (exact) mass is 249 g/mol. The van der Waals surface area contributed by atoms with Crippen LogP contribution in [-0.4, -0.2) is 50.0 Å². The molecule has 3 heterocycles. The van der Waals surface area contributed by atoms with E-state index in [0.29, 0.717) is 11.3 Å². The highest BCUT2D eigenvalue weighted by Gasteiger charge is 2.32. The maximum atomic E-state index is 12.8. The summed E-state index contributed by atoms with van der Waals surface area (Å²) in [6.07, 6.45) is 4.01. The minimum Gasteiger partial charge on any atom is -0.333 e. The topological polar surface area (TPSA) is 66.8 Å². The lowest BCUT2D eigenvalue weighted by molar-refractivity contribution is 0.0401. The summed E-state index contributed by atoms with van der Waals surface area (Å²) in [6.45, 7) is 0.326. The summed E-state index contributed by atoms with van der Waals surface area (Å²) >= 11 is 0. The van der Waals surface area contributed by atoms with E-state index < -0.39 is 6.17 Å². The van der Waals surface area contributed by atoms with Gasteiger partial charge >= 0.3 is 0 Å². The maximum Gasteiger partial charge on any atom is 0.257 e. The van der Waals surface area contributed by atoms with Crippen molar-refractivity contribution in [2.75, 3.05) is 13.1 Å². The Labute approximate surface area is 102 Å². The van der Waals surface area contributed by atoms with Gasteiger partial charge in [0.05, 0.1) is 36.7 Å². The van der Waals surface area contributed by atoms with Crippen LogP contribution >= 0.6 is 0 Å². The van der Waals surface area contributed by atoms with Gasteiger partial charge in [-0.1, -0.05) is 0 Å². The van der Waals surface area contributed by atoms with Crippen molar-refractivity contribution in [3.8, 4) is 11.3 Å². The Morgan fingerprint density at radius 2 is 2.28 bits per heavy atom. The highest BCUT2D eigenvalue weighted by Crippen LogP contribution is 2.23. The van der Waals surface area contributed by atoms with Gasteiger partial charge in [0.25, 0.3) is 5.91 Å². The fourth-order valence-corrected chi connectivity index (χ4v) is 1.98. The third-order valence-electron chi connectivity index (χ3n) is 2.99. The van der Waals surface area contributed by atoms with E-state index in [0.717, 1.165) is 5.56 Å². The lowest BCUT2D eigenvalue weighted by atomic mass is 10.1. The molecule has 1 amide bonds. The molecule has 1 aliphatic heterocycles. The van der Waals surface area contributed by atoms with Crippen LogP contribution in [0.3, 0.4) is 0 Å². The van der Waals surface area contributed by atoms with E-state index in [2.05, 4.69) is 15.3 Å². The molecule has 7 heteroatoms. The van der Waals surface area contributed by atoms with Gasteiger partial charge in [-0.15, -0.1) is 0 Å². The van der Waals surface area contributed by atoms with E-state index in [1.54, 1.807) is 24.1 Å². The van der Waals surface area contributed by atoms with Gasteiger partial charge in [-0.25, -0.2) is 4.39 Å². The molecule has 0 saturated carbocycles. The third kappa shape index (κ3) is 1.68. The van der Waals surface area contributed by atoms with Crippen molar-refractivity contribution >= 4 is 5.91 Å². The Bertz CT molecular complexity index is 584. The Morgan fingerprint density at radius 3 is 2.89 bits per heavy atom. The van der Waals surface area contributed by atoms with Crippen LogP contribution in [0, 0.1) is 0 Å². The van der Waals surface area contributed by atoms with E-state index in [-0.39, 0.29) is 19.0 Å². The van der Waals surface area contributed by atoms with Gasteiger partial charge in [-0.3, -0.25) is 14.6 Å². The lowest BCUT2D eigenvalue weighted by Crippen LogP contribution is -2.51. The van der Waals surface area contributed by atoms with Crippen molar-refractivity contribution in [2.24, 2.45) is 7.05 Å². The van der Waals surface area contributed by atoms with Crippen LogP contribution in [0.5, 0.6) is 0 Å². The first-order valence-electron chi connectivity index (χ1n) is 5.61. The minimum atomic E-state index is -0.900. The van der Waals surface area contributed by atoms with Gasteiger partial charge in [0.15, 0.2) is 0 Å². The smallest absolute Gasteiger partial charge is 0.257 e. The van der Waals surface area contributed by atoms with E-state index in [4.69, 9.17) is 0 Å². The standard InChI is InChI=1S/C11H12FN5O/c1-16-4-7(2-14-16)10-9(3-13-15-10)11(18)17-5-8(12)6-17/h2-4,8H,5-6H2,1H3,(H,13,15). The zero-order valence-electron chi connectivity index (χ0n) is 9.80. The molecule has 0 atom stereocenters. The number of amides is 1. The number of nitrogens with zero attached hydrogens (tertiary/aromatic N) is 4. The number of H-pyrrole nitrogens is 1. The summed E-state index contributed by atoms with van der Waals surface area (Å²) < 4.78 is 14.4. The average molecular weight is 249 g/mol. The number of hydrogen-bond acceptors (Lipinski definition) is 3. The number of nitrogens with one attached hydrogen (secondary N) is 1. The van der Waals surface area contributed by atoms with Crippen molar-refractivity contribution in [2.45, 2.75) is 6.17 Å². The molecule has 0 radical (unpaired) electrons. The highest BCUT2D eigenvalue weighted by atomic mass is 19.1. The van der Waals surface area contributed by atoms with Crippen LogP contribution in [0.25, 0.3) is 11.3 Å². The molecule has 94 valence electrons. The molecule has 2 aromatic heterocycles. The van der Waals surface area contributed by atoms with Crippen LogP contribution in [-0.2, 0) is 7.05 Å². The molecular formula is C11H12FN5O. The third-order valence-corrected chi connectivity index (χ3v) is 2.99. The predicted molar refractivity (Wildman–Crippen MR) is 61.6 cm³/mol. The fourth-order valence-electron chi connectivity index (χ4n) is 1.98. The van der Waals surface area contributed by atoms with Gasteiger partial charge in [0.1, 0.15) is 6.17 Å². The molecule has 3 rings (SSSR count). The summed E-state index contributed by atoms with van der Waals surface area (Å²) in [6, 6.07) is 0. The molecular weight excluding hydrogens is 237 g/mol. The van der Waals surface area contributed by atoms with Gasteiger partial charge in [0, 0.05) is 18.8 Å². The van der Waals surface area contributed by atoms with Crippen LogP contribution in [0.1, 0.15) is 10.4 Å². The number of likely N-dealkylation sites (tertiary alicyclic amines) is 1. The first-order chi connectivity index (χ1) is 8.65. The van der Waals surface area contributed by atoms with Crippen LogP contribution in [0.15, 0.2) is 18.6 Å². The Hall–Kier alpha value is -2.18. The molecule has 0 spiro atoms. The van der Waals surface area contributed by atoms with Crippen molar-refractivity contribution < 1.29 is 9.18 Å². The normalized spacial score (nSPS) is 15.8. The number of aromatic amines is 1. The average Bonchev–Trinajstić information content (AvgIpc) is 2.91. The van der Waals surface area contributed by atoms with Gasteiger partial charge < -0.3 is 4.90 Å². The summed E-state index contributed by atoms with van der Waals surface area (Å²) in [4.78, 5) is 13.6. The quantitative estimate of drug-likeness (QED) is 0.847. The summed E-state index contributed by atoms with van der Waals surface area (Å²) in [5, 5.41) is 10.7. The molecule has 2 aromatic rings. The van der Waals surface area contributed by atoms with Crippen molar-refractivity contribution in [3.63, 3.8) is 0 Å². The number of rotatable bonds is 2. The van der Waals surface area contributed by atoms with Crippen molar-refractivity contribution in [1.29, 1.82) is 0 Å². The van der Waals surface area contributed by atoms with Crippen LogP contribution in [0.4, 0.5) is 4.39 Å². The molecule has 1 fully saturated rings. The van der Waals surface area contributed by atoms with Gasteiger partial charge in [-0.2, -0.15) is 10.2 Å². The van der Waals surface area contributed by atoms with E-state index >= 15 is 0 Å². The number of aromatic nitrogens is 4. The largest absolute Gasteiger partial charge is 0.333 e. The fraction of sp³-hybridized carbons (Fsp3) is 0.364. The Balaban J connectivity index is 1.90. The molecule has 0 aromatic carbocycles. The zero-order chi connectivity index (χ0) is 12.7. The SMILES string of the molecule is Cn1cc(-c2[nH]ncc2C(=O)N2CC(F)C2)cn1. The van der Waals surface area contributed by atoms with Crippen molar-refractivity contribution in [3.05, 3.63) is 24.2 Å². The molecule has 0 bridgehead atoms. The maximum absolute atomic E-state index is 12.8. The van der Waals surface area contributed by atoms with E-state index in [1.165, 1.54) is 11.1 Å². The van der Waals surface area contributed by atoms with Gasteiger partial charge in [0.2, 0.25) is 0 Å². The highest BCUT2D eigenvalue weighted by molar-refractivity contribution is 6.00. The first kappa shape index (κ1) is 10.9. The molecule has 1 saturated heterocycles. The van der Waals surface area contributed by atoms with Crippen LogP contribution in [0.2, 0.25) is 0 Å². The first-order valence-corrected chi connectivity index (χ1v) is 5.61. The van der Waals surface area contributed by atoms with Crippen molar-refractivity contribution in [1.82, 2.24) is 24.9 Å². The zero-order valence-corrected chi connectivity index (χ0v) is 9.80. The minimum absolute atomic E-state index is 0.163. The second-order valence-corrected chi connectivity index (χ2v) is 4.37. The van der Waals surface area contributed by atoms with E-state index in [1.807, 2.05) is 0 Å². The number of carbonyl (C=O) groups is 1. The number of halogens is 1. The number of carbonyl (C=O) groups excluding carboxylic acids is 1. The number of alkyl halides is 1. The molecule has 18 heavy (non-hydrogen) atoms. The summed E-state index contributed by atoms with van der Waals surface area (Å²) in [5.74, 6) is -0.198. The predicted octanol–water partition coefficient (Wildman–Crippen LogP) is 0.604. The number of aryl methyl sites for hydroxylation is 1. The number of hydrogen-bond donors (Lipinski definition) is 1. The summed E-state index contributed by atoms with van der Waals surface area (Å²) in [7, 11) is 1.80. The Kier molecular flexibility index (Phi) is 2.39. The second-order valence-electron chi connectivity index (χ2n) is 4.37. The molecule has 6 nitrogen and oxygen atoms in total. The van der Waals surface area contributed by atoms with E-state index in [9.17, 15) is 9.18 Å². The molecule has 0 aliphatic carbocycles.